The van der Waals surface area contributed by atoms with Gasteiger partial charge in [-0.1, -0.05) is 48.0 Å². The third-order valence-corrected chi connectivity index (χ3v) is 3.15. The second-order valence-electron chi connectivity index (χ2n) is 4.64. The Morgan fingerprint density at radius 1 is 1.15 bits per heavy atom. The molecule has 0 heterocycles. The van der Waals surface area contributed by atoms with Crippen LogP contribution >= 0.6 is 11.6 Å². The zero-order chi connectivity index (χ0) is 14.5. The fourth-order valence-corrected chi connectivity index (χ4v) is 2.06. The van der Waals surface area contributed by atoms with Gasteiger partial charge in [0.25, 0.3) is 0 Å². The van der Waals surface area contributed by atoms with Gasteiger partial charge < -0.3 is 5.32 Å². The van der Waals surface area contributed by atoms with E-state index < -0.39 is 0 Å². The van der Waals surface area contributed by atoms with Gasteiger partial charge in [0.05, 0.1) is 10.7 Å². The van der Waals surface area contributed by atoms with Gasteiger partial charge in [0.2, 0.25) is 0 Å². The lowest BCUT2D eigenvalue weighted by Gasteiger charge is -2.13. The van der Waals surface area contributed by atoms with E-state index in [2.05, 4.69) is 5.32 Å². The highest BCUT2D eigenvalue weighted by molar-refractivity contribution is 6.33. The fraction of sp³-hybridized carbons (Fsp3) is 0.118. The highest BCUT2D eigenvalue weighted by atomic mass is 35.5. The van der Waals surface area contributed by atoms with E-state index in [9.17, 15) is 4.79 Å². The number of carbonyl (C=O) groups excluding carboxylic acids is 1. The van der Waals surface area contributed by atoms with E-state index in [0.717, 1.165) is 22.5 Å². The van der Waals surface area contributed by atoms with Gasteiger partial charge >= 0.3 is 0 Å². The summed E-state index contributed by atoms with van der Waals surface area (Å²) >= 11 is 6.19. The first-order valence-corrected chi connectivity index (χ1v) is 6.75. The van der Waals surface area contributed by atoms with E-state index in [0.29, 0.717) is 5.02 Å². The monoisotopic (exact) mass is 285 g/mol. The zero-order valence-electron chi connectivity index (χ0n) is 11.5. The summed E-state index contributed by atoms with van der Waals surface area (Å²) in [5.41, 5.74) is 3.58. The van der Waals surface area contributed by atoms with E-state index in [4.69, 9.17) is 11.6 Å². The number of benzene rings is 2. The molecule has 0 aromatic heterocycles. The van der Waals surface area contributed by atoms with Gasteiger partial charge in [-0.2, -0.15) is 0 Å². The lowest BCUT2D eigenvalue weighted by Crippen LogP contribution is -2.02. The maximum Gasteiger partial charge on any atom is 0.154 e. The van der Waals surface area contributed by atoms with Crippen molar-refractivity contribution < 1.29 is 4.79 Å². The molecule has 2 rings (SSSR count). The van der Waals surface area contributed by atoms with Crippen LogP contribution in [0.25, 0.3) is 5.70 Å². The Balaban J connectivity index is 2.39. The highest BCUT2D eigenvalue weighted by Crippen LogP contribution is 2.26. The van der Waals surface area contributed by atoms with Gasteiger partial charge in [0.1, 0.15) is 0 Å². The lowest BCUT2D eigenvalue weighted by molar-refractivity contribution is -0.112. The summed E-state index contributed by atoms with van der Waals surface area (Å²) in [7, 11) is 0. The van der Waals surface area contributed by atoms with Crippen LogP contribution in [-0.2, 0) is 4.79 Å². The summed E-state index contributed by atoms with van der Waals surface area (Å²) in [4.78, 5) is 11.4. The first kappa shape index (κ1) is 14.4. The van der Waals surface area contributed by atoms with Crippen LogP contribution < -0.4 is 5.32 Å². The molecule has 0 saturated carbocycles. The molecule has 0 saturated heterocycles. The van der Waals surface area contributed by atoms with Crippen LogP contribution in [0.5, 0.6) is 0 Å². The van der Waals surface area contributed by atoms with E-state index >= 15 is 0 Å². The van der Waals surface area contributed by atoms with Crippen molar-refractivity contribution in [3.8, 4) is 0 Å². The fourth-order valence-electron chi connectivity index (χ4n) is 1.89. The smallest absolute Gasteiger partial charge is 0.154 e. The Morgan fingerprint density at radius 3 is 2.50 bits per heavy atom. The minimum absolute atomic E-state index is 0.0138. The quantitative estimate of drug-likeness (QED) is 0.826. The highest BCUT2D eigenvalue weighted by Gasteiger charge is 2.06. The number of rotatable bonds is 4. The summed E-state index contributed by atoms with van der Waals surface area (Å²) in [6.45, 7) is 3.53. The number of hydrogen-bond acceptors (Lipinski definition) is 2. The maximum absolute atomic E-state index is 11.4. The number of allylic oxidation sites excluding steroid dienone is 1. The van der Waals surface area contributed by atoms with Gasteiger partial charge in [-0.3, -0.25) is 4.79 Å². The molecule has 102 valence electrons. The molecule has 0 amide bonds. The van der Waals surface area contributed by atoms with Crippen LogP contribution in [0.3, 0.4) is 0 Å². The van der Waals surface area contributed by atoms with Crippen molar-refractivity contribution in [1.82, 2.24) is 0 Å². The predicted molar refractivity (Wildman–Crippen MR) is 84.9 cm³/mol. The van der Waals surface area contributed by atoms with Gasteiger partial charge in [0.15, 0.2) is 5.78 Å². The summed E-state index contributed by atoms with van der Waals surface area (Å²) in [6.07, 6.45) is 1.58. The van der Waals surface area contributed by atoms with Crippen LogP contribution in [0.4, 0.5) is 5.69 Å². The Hall–Kier alpha value is -2.06. The lowest BCUT2D eigenvalue weighted by atomic mass is 10.1. The van der Waals surface area contributed by atoms with Gasteiger partial charge in [-0.25, -0.2) is 0 Å². The van der Waals surface area contributed by atoms with Crippen LogP contribution in [0.1, 0.15) is 18.1 Å². The molecule has 0 fully saturated rings. The molecular weight excluding hydrogens is 270 g/mol. The Kier molecular flexibility index (Phi) is 4.59. The van der Waals surface area contributed by atoms with Crippen LogP contribution in [-0.4, -0.2) is 5.78 Å². The molecule has 3 heteroatoms. The normalized spacial score (nSPS) is 11.2. The third kappa shape index (κ3) is 3.72. The first-order chi connectivity index (χ1) is 9.56. The van der Waals surface area contributed by atoms with Crippen molar-refractivity contribution in [2.24, 2.45) is 0 Å². The van der Waals surface area contributed by atoms with E-state index in [1.54, 1.807) is 6.08 Å². The molecule has 0 spiro atoms. The van der Waals surface area contributed by atoms with Crippen LogP contribution in [0.15, 0.2) is 54.6 Å². The zero-order valence-corrected chi connectivity index (χ0v) is 12.2. The SMILES string of the molecule is CC(=O)C=C(Nc1cc(C)ccc1Cl)c1ccccc1. The standard InChI is InChI=1S/C17H16ClNO/c1-12-8-9-15(18)17(10-12)19-16(11-13(2)20)14-6-4-3-5-7-14/h3-11,19H,1-2H3. The second kappa shape index (κ2) is 6.40. The minimum Gasteiger partial charge on any atom is -0.354 e. The van der Waals surface area contributed by atoms with Crippen LogP contribution in [0, 0.1) is 6.92 Å². The molecule has 0 aliphatic heterocycles. The molecule has 20 heavy (non-hydrogen) atoms. The molecule has 2 aromatic rings. The first-order valence-electron chi connectivity index (χ1n) is 6.37. The molecule has 2 aromatic carbocycles. The molecule has 1 N–H and O–H groups in total. The molecule has 2 nitrogen and oxygen atoms in total. The van der Waals surface area contributed by atoms with Gasteiger partial charge in [0, 0.05) is 11.8 Å². The van der Waals surface area contributed by atoms with Crippen molar-refractivity contribution in [2.45, 2.75) is 13.8 Å². The number of carbonyl (C=O) groups is 1. The van der Waals surface area contributed by atoms with E-state index in [1.807, 2.05) is 55.5 Å². The average molecular weight is 286 g/mol. The molecule has 0 aliphatic carbocycles. The number of halogens is 1. The molecule has 0 aliphatic rings. The summed E-state index contributed by atoms with van der Waals surface area (Å²) in [6, 6.07) is 15.5. The number of anilines is 1. The van der Waals surface area contributed by atoms with Crippen molar-refractivity contribution >= 4 is 28.8 Å². The summed E-state index contributed by atoms with van der Waals surface area (Å²) in [5.74, 6) is -0.0138. The molecule has 0 radical (unpaired) electrons. The summed E-state index contributed by atoms with van der Waals surface area (Å²) in [5, 5.41) is 3.87. The van der Waals surface area contributed by atoms with Crippen molar-refractivity contribution in [3.05, 3.63) is 70.8 Å². The second-order valence-corrected chi connectivity index (χ2v) is 5.05. The Labute approximate surface area is 124 Å². The number of ketones is 1. The predicted octanol–water partition coefficient (Wildman–Crippen LogP) is 4.69. The third-order valence-electron chi connectivity index (χ3n) is 2.82. The molecule has 0 unspecified atom stereocenters. The van der Waals surface area contributed by atoms with E-state index in [-0.39, 0.29) is 5.78 Å². The van der Waals surface area contributed by atoms with Crippen LogP contribution in [0.2, 0.25) is 5.02 Å². The van der Waals surface area contributed by atoms with Gasteiger partial charge in [-0.05, 0) is 37.1 Å². The maximum atomic E-state index is 11.4. The molecular formula is C17H16ClNO. The largest absolute Gasteiger partial charge is 0.354 e. The topological polar surface area (TPSA) is 29.1 Å². The Bertz CT molecular complexity index is 647. The van der Waals surface area contributed by atoms with Crippen molar-refractivity contribution in [3.63, 3.8) is 0 Å². The molecule has 0 bridgehead atoms. The Morgan fingerprint density at radius 2 is 1.85 bits per heavy atom. The molecule has 0 atom stereocenters. The van der Waals surface area contributed by atoms with E-state index in [1.165, 1.54) is 6.92 Å². The minimum atomic E-state index is -0.0138. The average Bonchev–Trinajstić information content (AvgIpc) is 2.42. The van der Waals surface area contributed by atoms with Gasteiger partial charge in [-0.15, -0.1) is 0 Å². The number of hydrogen-bond donors (Lipinski definition) is 1. The number of nitrogens with one attached hydrogen (secondary N) is 1. The van der Waals surface area contributed by atoms with Crippen molar-refractivity contribution in [2.75, 3.05) is 5.32 Å². The van der Waals surface area contributed by atoms with Crippen molar-refractivity contribution in [1.29, 1.82) is 0 Å². The summed E-state index contributed by atoms with van der Waals surface area (Å²) < 4.78 is 0. The number of aryl methyl sites for hydroxylation is 1.